The monoisotopic (exact) mass is 319 g/mol. The van der Waals surface area contributed by atoms with Crippen molar-refractivity contribution in [2.75, 3.05) is 51.8 Å². The number of nitrogens with one attached hydrogen (secondary N) is 1. The van der Waals surface area contributed by atoms with Crippen molar-refractivity contribution in [2.45, 2.75) is 20.3 Å². The number of amides is 2. The normalized spacial score (nSPS) is 15.9. The van der Waals surface area contributed by atoms with E-state index in [2.05, 4.69) is 24.1 Å². The average molecular weight is 319 g/mol. The number of urea groups is 1. The van der Waals surface area contributed by atoms with Crippen molar-refractivity contribution in [2.24, 2.45) is 5.92 Å². The van der Waals surface area contributed by atoms with E-state index in [1.807, 2.05) is 29.2 Å². The summed E-state index contributed by atoms with van der Waals surface area (Å²) in [6.07, 6.45) is 0.801. The largest absolute Gasteiger partial charge is 0.384 e. The predicted molar refractivity (Wildman–Crippen MR) is 93.9 cm³/mol. The van der Waals surface area contributed by atoms with Gasteiger partial charge in [0.2, 0.25) is 0 Å². The van der Waals surface area contributed by atoms with Crippen LogP contribution in [0.15, 0.2) is 24.3 Å². The molecular weight excluding hydrogens is 290 g/mol. The van der Waals surface area contributed by atoms with Gasteiger partial charge in [0, 0.05) is 45.5 Å². The minimum absolute atomic E-state index is 0.000867. The van der Waals surface area contributed by atoms with Gasteiger partial charge in [-0.2, -0.15) is 0 Å². The molecule has 0 spiro atoms. The zero-order valence-corrected chi connectivity index (χ0v) is 14.5. The van der Waals surface area contributed by atoms with E-state index in [1.165, 1.54) is 0 Å². The molecule has 1 heterocycles. The molecule has 23 heavy (non-hydrogen) atoms. The van der Waals surface area contributed by atoms with Crippen molar-refractivity contribution < 1.29 is 9.53 Å². The fourth-order valence-corrected chi connectivity index (χ4v) is 2.92. The third-order valence-electron chi connectivity index (χ3n) is 4.12. The molecule has 2 rings (SSSR count). The molecule has 1 aromatic rings. The molecule has 0 aliphatic carbocycles. The maximum Gasteiger partial charge on any atom is 0.321 e. The van der Waals surface area contributed by atoms with Gasteiger partial charge < -0.3 is 15.0 Å². The number of anilines is 1. The lowest BCUT2D eigenvalue weighted by molar-refractivity contribution is 0.138. The van der Waals surface area contributed by atoms with Gasteiger partial charge in [0.05, 0.1) is 6.61 Å². The first kappa shape index (κ1) is 17.8. The lowest BCUT2D eigenvalue weighted by atomic mass is 10.1. The highest BCUT2D eigenvalue weighted by Crippen LogP contribution is 2.17. The number of carbonyl (C=O) groups is 1. The molecule has 0 saturated carbocycles. The van der Waals surface area contributed by atoms with Crippen molar-refractivity contribution in [3.8, 4) is 0 Å². The van der Waals surface area contributed by atoms with Crippen molar-refractivity contribution in [3.63, 3.8) is 0 Å². The predicted octanol–water partition coefficient (Wildman–Crippen LogP) is 2.68. The summed E-state index contributed by atoms with van der Waals surface area (Å²) >= 11 is 0. The second-order valence-electron chi connectivity index (χ2n) is 6.51. The first-order valence-electron chi connectivity index (χ1n) is 8.45. The van der Waals surface area contributed by atoms with E-state index in [9.17, 15) is 4.79 Å². The van der Waals surface area contributed by atoms with Gasteiger partial charge in [-0.3, -0.25) is 4.90 Å². The molecule has 1 fully saturated rings. The number of methoxy groups -OCH3 is 1. The molecule has 0 radical (unpaired) electrons. The van der Waals surface area contributed by atoms with E-state index >= 15 is 0 Å². The number of hydrogen-bond acceptors (Lipinski definition) is 3. The van der Waals surface area contributed by atoms with Crippen LogP contribution in [0.5, 0.6) is 0 Å². The number of para-hydroxylation sites is 1. The summed E-state index contributed by atoms with van der Waals surface area (Å²) < 4.78 is 5.14. The topological polar surface area (TPSA) is 44.8 Å². The lowest BCUT2D eigenvalue weighted by Gasteiger charge is -2.35. The van der Waals surface area contributed by atoms with Crippen LogP contribution in [-0.2, 0) is 11.2 Å². The van der Waals surface area contributed by atoms with Gasteiger partial charge in [-0.25, -0.2) is 4.79 Å². The molecule has 5 nitrogen and oxygen atoms in total. The van der Waals surface area contributed by atoms with Crippen LogP contribution in [0.3, 0.4) is 0 Å². The molecule has 0 bridgehead atoms. The van der Waals surface area contributed by atoms with Crippen LogP contribution in [0.4, 0.5) is 10.5 Å². The molecule has 0 atom stereocenters. The van der Waals surface area contributed by atoms with Crippen molar-refractivity contribution in [3.05, 3.63) is 29.8 Å². The molecule has 1 aliphatic rings. The Morgan fingerprint density at radius 1 is 1.22 bits per heavy atom. The minimum atomic E-state index is -0.000867. The maximum absolute atomic E-state index is 12.5. The number of benzene rings is 1. The summed E-state index contributed by atoms with van der Waals surface area (Å²) in [4.78, 5) is 16.8. The standard InChI is InChI=1S/C18H29N3O2/c1-15(2)14-20-9-11-21(12-10-20)18(22)19-17-7-5-4-6-16(17)8-13-23-3/h4-7,15H,8-14H2,1-3H3,(H,19,22). The maximum atomic E-state index is 12.5. The Kier molecular flexibility index (Phi) is 6.86. The van der Waals surface area contributed by atoms with E-state index < -0.39 is 0 Å². The molecule has 0 unspecified atom stereocenters. The molecule has 2 amide bonds. The second kappa shape index (κ2) is 8.89. The quantitative estimate of drug-likeness (QED) is 0.877. The highest BCUT2D eigenvalue weighted by Gasteiger charge is 2.21. The zero-order chi connectivity index (χ0) is 16.7. The summed E-state index contributed by atoms with van der Waals surface area (Å²) in [6, 6.07) is 7.93. The first-order valence-corrected chi connectivity index (χ1v) is 8.45. The Balaban J connectivity index is 1.88. The third-order valence-corrected chi connectivity index (χ3v) is 4.12. The van der Waals surface area contributed by atoms with E-state index in [0.29, 0.717) is 12.5 Å². The molecule has 5 heteroatoms. The van der Waals surface area contributed by atoms with Crippen LogP contribution >= 0.6 is 0 Å². The Labute approximate surface area is 139 Å². The van der Waals surface area contributed by atoms with E-state index in [1.54, 1.807) is 7.11 Å². The Morgan fingerprint density at radius 3 is 2.57 bits per heavy atom. The SMILES string of the molecule is COCCc1ccccc1NC(=O)N1CCN(CC(C)C)CC1. The Bertz CT molecular complexity index is 497. The van der Waals surface area contributed by atoms with Crippen molar-refractivity contribution in [1.82, 2.24) is 9.80 Å². The van der Waals surface area contributed by atoms with Gasteiger partial charge in [0.25, 0.3) is 0 Å². The van der Waals surface area contributed by atoms with Crippen LogP contribution < -0.4 is 5.32 Å². The molecule has 1 N–H and O–H groups in total. The van der Waals surface area contributed by atoms with Gasteiger partial charge >= 0.3 is 6.03 Å². The van der Waals surface area contributed by atoms with Crippen molar-refractivity contribution >= 4 is 11.7 Å². The number of piperazine rings is 1. The van der Waals surface area contributed by atoms with E-state index in [-0.39, 0.29) is 6.03 Å². The summed E-state index contributed by atoms with van der Waals surface area (Å²) in [5.74, 6) is 0.669. The number of rotatable bonds is 6. The fraction of sp³-hybridized carbons (Fsp3) is 0.611. The number of nitrogens with zero attached hydrogens (tertiary/aromatic N) is 2. The summed E-state index contributed by atoms with van der Waals surface area (Å²) in [5, 5.41) is 3.06. The average Bonchev–Trinajstić information content (AvgIpc) is 2.54. The van der Waals surface area contributed by atoms with Gasteiger partial charge in [-0.05, 0) is 24.0 Å². The molecule has 1 saturated heterocycles. The molecule has 1 aromatic carbocycles. The highest BCUT2D eigenvalue weighted by atomic mass is 16.5. The molecular formula is C18H29N3O2. The second-order valence-corrected chi connectivity index (χ2v) is 6.51. The van der Waals surface area contributed by atoms with Crippen LogP contribution in [0, 0.1) is 5.92 Å². The fourth-order valence-electron chi connectivity index (χ4n) is 2.92. The Hall–Kier alpha value is -1.59. The third kappa shape index (κ3) is 5.52. The number of hydrogen-bond donors (Lipinski definition) is 1. The van der Waals surface area contributed by atoms with Crippen LogP contribution in [0.25, 0.3) is 0 Å². The molecule has 128 valence electrons. The minimum Gasteiger partial charge on any atom is -0.384 e. The highest BCUT2D eigenvalue weighted by molar-refractivity contribution is 5.90. The van der Waals surface area contributed by atoms with E-state index in [4.69, 9.17) is 4.74 Å². The summed E-state index contributed by atoms with van der Waals surface area (Å²) in [6.45, 7) is 9.72. The number of ether oxygens (including phenoxy) is 1. The zero-order valence-electron chi connectivity index (χ0n) is 14.5. The van der Waals surface area contributed by atoms with Gasteiger partial charge in [-0.15, -0.1) is 0 Å². The Morgan fingerprint density at radius 2 is 1.91 bits per heavy atom. The lowest BCUT2D eigenvalue weighted by Crippen LogP contribution is -2.50. The van der Waals surface area contributed by atoms with Crippen LogP contribution in [-0.4, -0.2) is 62.3 Å². The van der Waals surface area contributed by atoms with Gasteiger partial charge in [0.1, 0.15) is 0 Å². The van der Waals surface area contributed by atoms with Crippen molar-refractivity contribution in [1.29, 1.82) is 0 Å². The summed E-state index contributed by atoms with van der Waals surface area (Å²) in [7, 11) is 1.69. The molecule has 0 aromatic heterocycles. The van der Waals surface area contributed by atoms with Crippen LogP contribution in [0.1, 0.15) is 19.4 Å². The first-order chi connectivity index (χ1) is 11.1. The van der Waals surface area contributed by atoms with Crippen LogP contribution in [0.2, 0.25) is 0 Å². The van der Waals surface area contributed by atoms with Gasteiger partial charge in [0.15, 0.2) is 0 Å². The number of carbonyl (C=O) groups excluding carboxylic acids is 1. The summed E-state index contributed by atoms with van der Waals surface area (Å²) in [5.41, 5.74) is 2.00. The smallest absolute Gasteiger partial charge is 0.321 e. The molecule has 1 aliphatic heterocycles. The van der Waals surface area contributed by atoms with E-state index in [0.717, 1.165) is 50.4 Å². The van der Waals surface area contributed by atoms with Gasteiger partial charge in [-0.1, -0.05) is 32.0 Å².